The van der Waals surface area contributed by atoms with E-state index in [0.29, 0.717) is 44.9 Å². The van der Waals surface area contributed by atoms with Crippen LogP contribution in [0.3, 0.4) is 0 Å². The fraction of sp³-hybridized carbons (Fsp3) is 0.526. The second kappa shape index (κ2) is 46.7. The molecule has 0 saturated carbocycles. The largest absolute Gasteiger partial charge is 0.508 e. The highest BCUT2D eigenvalue weighted by atomic mass is 16.5. The molecular formula is C78H113N19O19. The van der Waals surface area contributed by atoms with Gasteiger partial charge in [-0.3, -0.25) is 67.1 Å². The molecule has 0 radical (unpaired) electrons. The maximum Gasteiger partial charge on any atom is 0.328 e. The van der Waals surface area contributed by atoms with Crippen molar-refractivity contribution >= 4 is 110 Å². The van der Waals surface area contributed by atoms with Gasteiger partial charge in [0.05, 0.1) is 26.2 Å². The van der Waals surface area contributed by atoms with Gasteiger partial charge in [-0.15, -0.1) is 0 Å². The summed E-state index contributed by atoms with van der Waals surface area (Å²) in [5.74, 6) is -15.4. The van der Waals surface area contributed by atoms with Crippen molar-refractivity contribution in [3.8, 4) is 5.75 Å². The number of esters is 1. The molecule has 1 aliphatic heterocycles. The number of benzene rings is 3. The normalized spacial score (nSPS) is 19.2. The van der Waals surface area contributed by atoms with Crippen LogP contribution in [0.4, 0.5) is 0 Å². The average Bonchev–Trinajstić information content (AvgIpc) is 1.67. The summed E-state index contributed by atoms with van der Waals surface area (Å²) in [6.07, 6.45) is 1.60. The van der Waals surface area contributed by atoms with Crippen LogP contribution < -0.4 is 92.1 Å². The highest BCUT2D eigenvalue weighted by Crippen LogP contribution is 2.23. The van der Waals surface area contributed by atoms with Crippen molar-refractivity contribution in [2.75, 3.05) is 39.4 Å². The Hall–Kier alpha value is -11.6. The number of phenolic OH excluding ortho intramolecular Hbond substituents is 1. The molecule has 0 bridgehead atoms. The van der Waals surface area contributed by atoms with Crippen molar-refractivity contribution in [3.05, 3.63) is 102 Å². The number of phenols is 1. The van der Waals surface area contributed by atoms with E-state index in [4.69, 9.17) is 27.7 Å². The average molecular weight is 1620 g/mol. The molecule has 0 aliphatic carbocycles. The number of nitrogens with one attached hydrogen (secondary N) is 15. The summed E-state index contributed by atoms with van der Waals surface area (Å²) < 4.78 is 5.68. The minimum atomic E-state index is -1.93. The minimum Gasteiger partial charge on any atom is -0.508 e. The van der Waals surface area contributed by atoms with Gasteiger partial charge in [0.1, 0.15) is 84.4 Å². The number of aliphatic hydroxyl groups is 2. The Morgan fingerprint density at radius 2 is 0.974 bits per heavy atom. The molecule has 634 valence electrons. The van der Waals surface area contributed by atoms with Gasteiger partial charge in [0.25, 0.3) is 0 Å². The number of rotatable bonds is 42. The van der Waals surface area contributed by atoms with Gasteiger partial charge in [0.2, 0.25) is 82.7 Å². The molecule has 15 atom stereocenters. The highest BCUT2D eigenvalue weighted by Gasteiger charge is 2.41. The van der Waals surface area contributed by atoms with Crippen LogP contribution in [-0.2, 0) is 95.9 Å². The van der Waals surface area contributed by atoms with Crippen LogP contribution in [0.25, 0.3) is 21.8 Å². The first-order chi connectivity index (χ1) is 55.3. The lowest BCUT2D eigenvalue weighted by atomic mass is 9.96. The van der Waals surface area contributed by atoms with Crippen molar-refractivity contribution in [3.63, 3.8) is 0 Å². The molecule has 3 aromatic carbocycles. The summed E-state index contributed by atoms with van der Waals surface area (Å²) in [7, 11) is 0. The first-order valence-corrected chi connectivity index (χ1v) is 38.9. The zero-order chi connectivity index (χ0) is 85.3. The fourth-order valence-corrected chi connectivity index (χ4v) is 12.7. The van der Waals surface area contributed by atoms with Gasteiger partial charge in [0, 0.05) is 59.9 Å². The molecule has 1 saturated heterocycles. The lowest BCUT2D eigenvalue weighted by molar-refractivity contribution is -0.156. The number of aromatic hydroxyl groups is 1. The predicted octanol–water partition coefficient (Wildman–Crippen LogP) is -3.77. The van der Waals surface area contributed by atoms with E-state index in [1.165, 1.54) is 38.1 Å². The first-order valence-electron chi connectivity index (χ1n) is 38.9. The summed E-state index contributed by atoms with van der Waals surface area (Å²) in [5.41, 5.74) is 26.0. The number of cyclic esters (lactones) is 1. The lowest BCUT2D eigenvalue weighted by Gasteiger charge is -2.32. The Bertz CT molecular complexity index is 4210. The first kappa shape index (κ1) is 93.3. The number of fused-ring (bicyclic) bond motifs is 2. The van der Waals surface area contributed by atoms with Crippen LogP contribution in [0.5, 0.6) is 5.75 Å². The Labute approximate surface area is 670 Å². The van der Waals surface area contributed by atoms with E-state index >= 15 is 4.79 Å². The van der Waals surface area contributed by atoms with Crippen molar-refractivity contribution in [2.24, 2.45) is 34.8 Å². The number of para-hydroxylation sites is 2. The van der Waals surface area contributed by atoms with Crippen LogP contribution in [0.1, 0.15) is 129 Å². The molecule has 1 fully saturated rings. The highest BCUT2D eigenvalue weighted by molar-refractivity contribution is 6.01. The number of aromatic amines is 2. The van der Waals surface area contributed by atoms with Crippen molar-refractivity contribution in [1.29, 1.82) is 0 Å². The number of carbonyl (C=O) groups excluding carboxylic acids is 15. The van der Waals surface area contributed by atoms with E-state index in [0.717, 1.165) is 6.42 Å². The van der Waals surface area contributed by atoms with Gasteiger partial charge in [0.15, 0.2) is 0 Å². The molecule has 5 aromatic rings. The third kappa shape index (κ3) is 28.4. The van der Waals surface area contributed by atoms with Gasteiger partial charge in [-0.25, -0.2) is 4.79 Å². The number of primary amides is 1. The molecule has 6 rings (SSSR count). The third-order valence-corrected chi connectivity index (χ3v) is 20.0. The second-order valence-corrected chi connectivity index (χ2v) is 29.0. The molecule has 2 aromatic heterocycles. The number of aromatic nitrogens is 2. The molecular weight excluding hydrogens is 1510 g/mol. The quantitative estimate of drug-likeness (QED) is 0.0167. The van der Waals surface area contributed by atoms with Crippen LogP contribution in [0, 0.1) is 11.8 Å². The molecule has 38 nitrogen and oxygen atoms in total. The number of ether oxygens (including phenoxy) is 1. The maximum atomic E-state index is 15.1. The van der Waals surface area contributed by atoms with Gasteiger partial charge >= 0.3 is 5.97 Å². The summed E-state index contributed by atoms with van der Waals surface area (Å²) in [4.78, 5) is 218. The standard InChI is InChI=1S/C78H113N19O19/c1-7-41(3)23-28-63(102)88-60(39-98)75(112)91-56(32-45-24-26-48(100)27-25-45)70(107)93-57(33-46-36-83-51-18-11-9-16-49(46)51)71(108)90-55(22-15-31-81)69(106)89-53(20-13-29-79)67(104)85-38-64(103)87-54(21-14-30-80)68(105)92-58(34-47-37-84-52-19-12-10-17-50(47)52)73(110)97-66-44(6)116-78(115)43(5)86-74(111)61(40-99)95-72(109)59(35-62(82)101)94-76(113)65(42(4)8-2)96-77(66)114/h9-12,16-19,24-27,36-37,41-44,53-61,65-66,83-84,98-100H,7-8,13-15,20-23,28-35,38-40,79-81H2,1-6H3,(H2,82,101)(H,85,104)(H,86,111)(H,87,103)(H,88,102)(H,89,106)(H,90,108)(H,91,112)(H,92,105)(H,93,107)(H,94,113)(H,95,109)(H,96,114)(H,97,110)/t41?,42-,43-,44+,53-,54+,55+,56+,57+,58-,59?,60+,61-,65?,66?/m0/s1. The van der Waals surface area contributed by atoms with E-state index < -0.39 is 199 Å². The molecule has 14 amide bonds. The van der Waals surface area contributed by atoms with Crippen LogP contribution in [0.15, 0.2) is 85.2 Å². The van der Waals surface area contributed by atoms with Gasteiger partial charge in [-0.1, -0.05) is 89.1 Å². The molecule has 0 spiro atoms. The molecule has 3 heterocycles. The molecule has 1 aliphatic rings. The van der Waals surface area contributed by atoms with Gasteiger partial charge in [-0.05, 0) is 131 Å². The molecule has 26 N–H and O–H groups in total. The van der Waals surface area contributed by atoms with Crippen LogP contribution in [-0.4, -0.2) is 232 Å². The fourth-order valence-electron chi connectivity index (χ4n) is 12.7. The summed E-state index contributed by atoms with van der Waals surface area (Å²) >= 11 is 0. The zero-order valence-corrected chi connectivity index (χ0v) is 66.1. The topological polar surface area (TPSA) is 618 Å². The molecule has 38 heteroatoms. The number of nitrogens with two attached hydrogens (primary N) is 4. The SMILES string of the molecule is CCC(C)CCC(=O)N[C@H](CO)C(=O)N[C@H](Cc1ccc(O)cc1)C(=O)N[C@H](Cc1c[nH]c2ccccc12)C(=O)N[C@H](CCCN)C(=O)N[C@@H](CCCN)C(=O)NCC(=O)N[C@H](CCCN)C(=O)N[C@@H](Cc1c[nH]c2ccccc12)C(=O)NC1C(=O)NC([C@@H](C)CC)C(=O)NC(CC(N)=O)C(=O)N[C@@H](CO)C(=O)N[C@@H](C)C(=O)O[C@@H]1C. The Morgan fingerprint density at radius 1 is 0.509 bits per heavy atom. The zero-order valence-electron chi connectivity index (χ0n) is 66.1. The van der Waals surface area contributed by atoms with E-state index in [1.807, 2.05) is 13.8 Å². The number of H-pyrrole nitrogens is 2. The monoisotopic (exact) mass is 1620 g/mol. The number of aliphatic hydroxyl groups excluding tert-OH is 2. The minimum absolute atomic E-state index is 0.00671. The van der Waals surface area contributed by atoms with E-state index in [-0.39, 0.29) is 102 Å². The Kier molecular flexibility index (Phi) is 37.5. The number of hydrogen-bond donors (Lipinski definition) is 22. The van der Waals surface area contributed by atoms with Gasteiger partial charge in [-0.2, -0.15) is 0 Å². The van der Waals surface area contributed by atoms with Crippen molar-refractivity contribution in [2.45, 2.75) is 210 Å². The Balaban J connectivity index is 1.24. The van der Waals surface area contributed by atoms with Crippen LogP contribution in [0.2, 0.25) is 0 Å². The molecule has 4 unspecified atom stereocenters. The van der Waals surface area contributed by atoms with Gasteiger partial charge < -0.3 is 122 Å². The predicted molar refractivity (Wildman–Crippen MR) is 424 cm³/mol. The summed E-state index contributed by atoms with van der Waals surface area (Å²) in [5, 5.41) is 64.9. The van der Waals surface area contributed by atoms with Crippen LogP contribution >= 0.6 is 0 Å². The van der Waals surface area contributed by atoms with E-state index in [9.17, 15) is 82.4 Å². The van der Waals surface area contributed by atoms with E-state index in [2.05, 4.69) is 79.1 Å². The van der Waals surface area contributed by atoms with Crippen molar-refractivity contribution < 1.29 is 92.0 Å². The maximum absolute atomic E-state index is 15.1. The Morgan fingerprint density at radius 3 is 1.48 bits per heavy atom. The molecule has 116 heavy (non-hydrogen) atoms. The number of amides is 14. The summed E-state index contributed by atoms with van der Waals surface area (Å²) in [6.45, 7) is 6.94. The second-order valence-electron chi connectivity index (χ2n) is 29.0. The van der Waals surface area contributed by atoms with Crippen molar-refractivity contribution in [1.82, 2.24) is 79.1 Å². The van der Waals surface area contributed by atoms with E-state index in [1.54, 1.807) is 74.8 Å². The number of carbonyl (C=O) groups is 15. The third-order valence-electron chi connectivity index (χ3n) is 20.0. The number of hydrogen-bond acceptors (Lipinski definition) is 22. The summed E-state index contributed by atoms with van der Waals surface area (Å²) in [6, 6.07) is 0.782. The smallest absolute Gasteiger partial charge is 0.328 e. The lowest BCUT2D eigenvalue weighted by Crippen LogP contribution is -2.64.